The summed E-state index contributed by atoms with van der Waals surface area (Å²) in [5, 5.41) is 0. The van der Waals surface area contributed by atoms with Crippen LogP contribution in [-0.2, 0) is 6.18 Å². The molecule has 0 bridgehead atoms. The van der Waals surface area contributed by atoms with E-state index in [-0.39, 0.29) is 0 Å². The van der Waals surface area contributed by atoms with E-state index in [4.69, 9.17) is 5.73 Å². The van der Waals surface area contributed by atoms with Gasteiger partial charge in [0.1, 0.15) is 0 Å². The molecule has 0 saturated carbocycles. The van der Waals surface area contributed by atoms with Gasteiger partial charge < -0.3 is 5.73 Å². The zero-order valence-electron chi connectivity index (χ0n) is 10.3. The Balaban J connectivity index is 2.40. The van der Waals surface area contributed by atoms with Crippen LogP contribution in [0.1, 0.15) is 28.3 Å². The Morgan fingerprint density at radius 3 is 2.58 bits per heavy atom. The van der Waals surface area contributed by atoms with Crippen LogP contribution in [0, 0.1) is 6.92 Å². The van der Waals surface area contributed by atoms with Gasteiger partial charge in [-0.05, 0) is 41.8 Å². The summed E-state index contributed by atoms with van der Waals surface area (Å²) in [4.78, 5) is 3.96. The number of hydrogen-bond acceptors (Lipinski definition) is 2. The second-order valence-electron chi connectivity index (χ2n) is 4.33. The van der Waals surface area contributed by atoms with Crippen molar-refractivity contribution in [3.8, 4) is 0 Å². The molecule has 5 heteroatoms. The number of nitrogens with zero attached hydrogens (tertiary/aromatic N) is 1. The first-order chi connectivity index (χ1) is 8.89. The molecule has 1 aromatic heterocycles. The number of aryl methyl sites for hydroxylation is 1. The molecular formula is C14H13F3N2. The molecule has 0 spiro atoms. The highest BCUT2D eigenvalue weighted by molar-refractivity contribution is 5.36. The summed E-state index contributed by atoms with van der Waals surface area (Å²) in [5.41, 5.74) is 7.38. The van der Waals surface area contributed by atoms with Crippen molar-refractivity contribution in [3.63, 3.8) is 0 Å². The monoisotopic (exact) mass is 266 g/mol. The Bertz CT molecular complexity index is 579. The van der Waals surface area contributed by atoms with Crippen LogP contribution in [0.25, 0.3) is 0 Å². The fourth-order valence-electron chi connectivity index (χ4n) is 1.89. The van der Waals surface area contributed by atoms with E-state index in [1.165, 1.54) is 6.07 Å². The summed E-state index contributed by atoms with van der Waals surface area (Å²) in [5.74, 6) is 0. The van der Waals surface area contributed by atoms with Crippen molar-refractivity contribution in [2.24, 2.45) is 5.73 Å². The molecule has 0 amide bonds. The largest absolute Gasteiger partial charge is 0.416 e. The topological polar surface area (TPSA) is 38.9 Å². The standard InChI is InChI=1S/C14H13F3N2/c1-9-5-6-19-8-12(9)13(18)10-3-2-4-11(7-10)14(15,16)17/h2-8,13H,18H2,1H3. The molecule has 1 aromatic carbocycles. The number of halogens is 3. The van der Waals surface area contributed by atoms with E-state index in [2.05, 4.69) is 4.98 Å². The molecule has 1 unspecified atom stereocenters. The van der Waals surface area contributed by atoms with Gasteiger partial charge in [-0.25, -0.2) is 0 Å². The zero-order valence-corrected chi connectivity index (χ0v) is 10.3. The van der Waals surface area contributed by atoms with Crippen molar-refractivity contribution in [1.29, 1.82) is 0 Å². The summed E-state index contributed by atoms with van der Waals surface area (Å²) in [6.45, 7) is 1.85. The second kappa shape index (κ2) is 5.01. The van der Waals surface area contributed by atoms with Gasteiger partial charge in [-0.2, -0.15) is 13.2 Å². The minimum absolute atomic E-state index is 0.422. The van der Waals surface area contributed by atoms with E-state index in [1.54, 1.807) is 24.5 Å². The number of hydrogen-bond donors (Lipinski definition) is 1. The van der Waals surface area contributed by atoms with Gasteiger partial charge in [0.15, 0.2) is 0 Å². The SMILES string of the molecule is Cc1ccncc1C(N)c1cccc(C(F)(F)F)c1. The third-order valence-electron chi connectivity index (χ3n) is 2.99. The maximum atomic E-state index is 12.7. The third-order valence-corrected chi connectivity index (χ3v) is 2.99. The Hall–Kier alpha value is -1.88. The molecule has 1 heterocycles. The Morgan fingerprint density at radius 1 is 1.21 bits per heavy atom. The molecule has 0 radical (unpaired) electrons. The average Bonchev–Trinajstić information content (AvgIpc) is 2.38. The van der Waals surface area contributed by atoms with E-state index in [1.807, 2.05) is 6.92 Å². The van der Waals surface area contributed by atoms with Gasteiger partial charge in [0.2, 0.25) is 0 Å². The van der Waals surface area contributed by atoms with Crippen LogP contribution in [0.4, 0.5) is 13.2 Å². The van der Waals surface area contributed by atoms with Crippen LogP contribution < -0.4 is 5.73 Å². The first-order valence-electron chi connectivity index (χ1n) is 5.73. The number of pyridine rings is 1. The quantitative estimate of drug-likeness (QED) is 0.904. The lowest BCUT2D eigenvalue weighted by Gasteiger charge is -2.16. The first-order valence-corrected chi connectivity index (χ1v) is 5.73. The number of rotatable bonds is 2. The van der Waals surface area contributed by atoms with Crippen molar-refractivity contribution >= 4 is 0 Å². The minimum atomic E-state index is -4.36. The highest BCUT2D eigenvalue weighted by Crippen LogP contribution is 2.31. The zero-order chi connectivity index (χ0) is 14.0. The van der Waals surface area contributed by atoms with Gasteiger partial charge in [-0.15, -0.1) is 0 Å². The molecular weight excluding hydrogens is 253 g/mol. The lowest BCUT2D eigenvalue weighted by atomic mass is 9.96. The molecule has 0 aliphatic heterocycles. The Morgan fingerprint density at radius 2 is 1.95 bits per heavy atom. The summed E-state index contributed by atoms with van der Waals surface area (Å²) in [7, 11) is 0. The maximum absolute atomic E-state index is 12.7. The maximum Gasteiger partial charge on any atom is 0.416 e. The highest BCUT2D eigenvalue weighted by Gasteiger charge is 2.30. The van der Waals surface area contributed by atoms with E-state index < -0.39 is 17.8 Å². The van der Waals surface area contributed by atoms with Crippen molar-refractivity contribution in [1.82, 2.24) is 4.98 Å². The average molecular weight is 266 g/mol. The molecule has 0 aliphatic rings. The first kappa shape index (κ1) is 13.5. The van der Waals surface area contributed by atoms with E-state index in [9.17, 15) is 13.2 Å². The van der Waals surface area contributed by atoms with Crippen molar-refractivity contribution < 1.29 is 13.2 Å². The van der Waals surface area contributed by atoms with Crippen LogP contribution in [0.2, 0.25) is 0 Å². The smallest absolute Gasteiger partial charge is 0.320 e. The van der Waals surface area contributed by atoms with E-state index >= 15 is 0 Å². The molecule has 100 valence electrons. The van der Waals surface area contributed by atoms with Gasteiger partial charge in [-0.1, -0.05) is 12.1 Å². The van der Waals surface area contributed by atoms with Crippen molar-refractivity contribution in [2.45, 2.75) is 19.1 Å². The highest BCUT2D eigenvalue weighted by atomic mass is 19.4. The summed E-state index contributed by atoms with van der Waals surface area (Å²) in [6, 6.07) is 6.23. The summed E-state index contributed by atoms with van der Waals surface area (Å²) < 4.78 is 38.0. The number of benzene rings is 1. The molecule has 19 heavy (non-hydrogen) atoms. The predicted molar refractivity (Wildman–Crippen MR) is 66.4 cm³/mol. The summed E-state index contributed by atoms with van der Waals surface area (Å²) in [6.07, 6.45) is -1.16. The molecule has 0 fully saturated rings. The molecule has 0 saturated heterocycles. The number of alkyl halides is 3. The lowest BCUT2D eigenvalue weighted by Crippen LogP contribution is -2.15. The van der Waals surface area contributed by atoms with Crippen LogP contribution in [0.3, 0.4) is 0 Å². The number of nitrogens with two attached hydrogens (primary N) is 1. The molecule has 2 aromatic rings. The normalized spacial score (nSPS) is 13.3. The molecule has 2 N–H and O–H groups in total. The van der Waals surface area contributed by atoms with Crippen molar-refractivity contribution in [2.75, 3.05) is 0 Å². The van der Waals surface area contributed by atoms with Crippen LogP contribution >= 0.6 is 0 Å². The van der Waals surface area contributed by atoms with Gasteiger partial charge in [-0.3, -0.25) is 4.98 Å². The molecule has 2 nitrogen and oxygen atoms in total. The summed E-state index contributed by atoms with van der Waals surface area (Å²) >= 11 is 0. The number of aromatic nitrogens is 1. The van der Waals surface area contributed by atoms with Gasteiger partial charge >= 0.3 is 6.18 Å². The van der Waals surface area contributed by atoms with Crippen molar-refractivity contribution in [3.05, 3.63) is 65.0 Å². The van der Waals surface area contributed by atoms with Crippen LogP contribution in [0.15, 0.2) is 42.7 Å². The third kappa shape index (κ3) is 2.93. The predicted octanol–water partition coefficient (Wildman–Crippen LogP) is 3.46. The van der Waals surface area contributed by atoms with Gasteiger partial charge in [0.25, 0.3) is 0 Å². The Labute approximate surface area is 109 Å². The Kier molecular flexibility index (Phi) is 3.57. The van der Waals surface area contributed by atoms with E-state index in [0.717, 1.165) is 23.3 Å². The van der Waals surface area contributed by atoms with Gasteiger partial charge in [0, 0.05) is 12.4 Å². The minimum Gasteiger partial charge on any atom is -0.320 e. The fraction of sp³-hybridized carbons (Fsp3) is 0.214. The molecule has 0 aliphatic carbocycles. The molecule has 2 rings (SSSR count). The fourth-order valence-corrected chi connectivity index (χ4v) is 1.89. The van der Waals surface area contributed by atoms with E-state index in [0.29, 0.717) is 5.56 Å². The lowest BCUT2D eigenvalue weighted by molar-refractivity contribution is -0.137. The van der Waals surface area contributed by atoms with Crippen LogP contribution in [0.5, 0.6) is 0 Å². The van der Waals surface area contributed by atoms with Gasteiger partial charge in [0.05, 0.1) is 11.6 Å². The molecule has 1 atom stereocenters. The van der Waals surface area contributed by atoms with Crippen LogP contribution in [-0.4, -0.2) is 4.98 Å². The second-order valence-corrected chi connectivity index (χ2v) is 4.33.